The largest absolute Gasteiger partial charge is 0.505 e. The minimum atomic E-state index is -4.05. The summed E-state index contributed by atoms with van der Waals surface area (Å²) in [6.45, 7) is 3.48. The van der Waals surface area contributed by atoms with E-state index in [-0.39, 0.29) is 16.1 Å². The first kappa shape index (κ1) is 21.5. The number of aromatic hydroxyl groups is 1. The van der Waals surface area contributed by atoms with E-state index in [0.29, 0.717) is 26.1 Å². The molecule has 0 bridgehead atoms. The zero-order valence-electron chi connectivity index (χ0n) is 14.0. The highest BCUT2D eigenvalue weighted by molar-refractivity contribution is 9.10. The van der Waals surface area contributed by atoms with Gasteiger partial charge in [0.05, 0.1) is 10.5 Å². The molecule has 0 saturated carbocycles. The van der Waals surface area contributed by atoms with Crippen LogP contribution in [-0.2, 0) is 19.6 Å². The van der Waals surface area contributed by atoms with Gasteiger partial charge in [-0.3, -0.25) is 0 Å². The quantitative estimate of drug-likeness (QED) is 0.560. The zero-order valence-corrected chi connectivity index (χ0v) is 17.9. The lowest BCUT2D eigenvalue weighted by Gasteiger charge is -2.13. The van der Waals surface area contributed by atoms with Gasteiger partial charge in [-0.2, -0.15) is 9.59 Å². The molecule has 1 aromatic heterocycles. The van der Waals surface area contributed by atoms with Crippen molar-refractivity contribution in [1.29, 1.82) is 0 Å². The van der Waals surface area contributed by atoms with Crippen LogP contribution in [0.4, 0.5) is 0 Å². The van der Waals surface area contributed by atoms with E-state index in [1.54, 1.807) is 32.0 Å². The van der Waals surface area contributed by atoms with Crippen molar-refractivity contribution in [1.82, 2.24) is 3.97 Å². The van der Waals surface area contributed by atoms with Crippen molar-refractivity contribution in [2.24, 2.45) is 0 Å². The predicted molar refractivity (Wildman–Crippen MR) is 105 cm³/mol. The first-order valence-electron chi connectivity index (χ1n) is 7.25. The van der Waals surface area contributed by atoms with Crippen molar-refractivity contribution < 1.29 is 23.1 Å². The summed E-state index contributed by atoms with van der Waals surface area (Å²) in [4.78, 5) is 16.0. The van der Waals surface area contributed by atoms with Crippen molar-refractivity contribution in [3.63, 3.8) is 0 Å². The second-order valence-electron chi connectivity index (χ2n) is 5.53. The van der Waals surface area contributed by atoms with Gasteiger partial charge in [0.2, 0.25) is 0 Å². The lowest BCUT2D eigenvalue weighted by molar-refractivity contribution is -0.191. The third-order valence-electron chi connectivity index (χ3n) is 3.72. The van der Waals surface area contributed by atoms with Gasteiger partial charge in [-0.05, 0) is 49.7 Å². The standard InChI is InChI=1S/C16H12BrCl2NO3S.CO2/c1-8-3-14-10(5-12(8)18)4-9(2)20(14)24(22,23)15-7-11(17)6-13(19)16(15)21;2-1-3/h3-7,21H,1-2H3;. The number of benzene rings is 2. The van der Waals surface area contributed by atoms with Crippen LogP contribution in [0, 0.1) is 13.8 Å². The van der Waals surface area contributed by atoms with Crippen LogP contribution >= 0.6 is 39.1 Å². The Morgan fingerprint density at radius 2 is 1.63 bits per heavy atom. The Morgan fingerprint density at radius 3 is 2.22 bits per heavy atom. The Balaban J connectivity index is 0.000000817. The van der Waals surface area contributed by atoms with E-state index in [2.05, 4.69) is 15.9 Å². The number of nitrogens with zero attached hydrogens (tertiary/aromatic N) is 1. The van der Waals surface area contributed by atoms with Crippen LogP contribution in [0.1, 0.15) is 11.3 Å². The number of fused-ring (bicyclic) bond motifs is 1. The topological polar surface area (TPSA) is 93.4 Å². The van der Waals surface area contributed by atoms with Crippen molar-refractivity contribution in [2.45, 2.75) is 18.7 Å². The van der Waals surface area contributed by atoms with Crippen LogP contribution in [0.3, 0.4) is 0 Å². The number of aryl methyl sites for hydroxylation is 2. The normalized spacial score (nSPS) is 11.0. The van der Waals surface area contributed by atoms with Gasteiger partial charge < -0.3 is 5.11 Å². The smallest absolute Gasteiger partial charge is 0.373 e. The average molecular weight is 493 g/mol. The van der Waals surface area contributed by atoms with Gasteiger partial charge in [0.25, 0.3) is 10.0 Å². The minimum absolute atomic E-state index is 0.0451. The van der Waals surface area contributed by atoms with Gasteiger partial charge in [-0.1, -0.05) is 39.1 Å². The molecule has 0 aliphatic rings. The van der Waals surface area contributed by atoms with Crippen molar-refractivity contribution >= 4 is 66.2 Å². The maximum absolute atomic E-state index is 13.1. The Morgan fingerprint density at radius 1 is 1.04 bits per heavy atom. The molecule has 2 aromatic carbocycles. The fraction of sp³-hybridized carbons (Fsp3) is 0.118. The molecule has 0 aliphatic carbocycles. The molecule has 27 heavy (non-hydrogen) atoms. The van der Waals surface area contributed by atoms with E-state index in [1.165, 1.54) is 16.1 Å². The lowest BCUT2D eigenvalue weighted by Crippen LogP contribution is -2.14. The van der Waals surface area contributed by atoms with Crippen LogP contribution in [0.15, 0.2) is 39.7 Å². The van der Waals surface area contributed by atoms with Crippen LogP contribution in [0.2, 0.25) is 10.0 Å². The Kier molecular flexibility index (Phi) is 6.39. The van der Waals surface area contributed by atoms with E-state index >= 15 is 0 Å². The second-order valence-corrected chi connectivity index (χ2v) is 9.02. The molecule has 0 spiro atoms. The highest BCUT2D eigenvalue weighted by Crippen LogP contribution is 2.37. The van der Waals surface area contributed by atoms with E-state index in [1.807, 2.05) is 0 Å². The summed E-state index contributed by atoms with van der Waals surface area (Å²) < 4.78 is 27.9. The Bertz CT molecular complexity index is 1180. The molecule has 0 saturated heterocycles. The first-order chi connectivity index (χ1) is 12.5. The number of aromatic nitrogens is 1. The van der Waals surface area contributed by atoms with Gasteiger partial charge in [-0.15, -0.1) is 0 Å². The number of rotatable bonds is 2. The summed E-state index contributed by atoms with van der Waals surface area (Å²) >= 11 is 15.2. The molecule has 10 heteroatoms. The Hall–Kier alpha value is -1.83. The van der Waals surface area contributed by atoms with E-state index < -0.39 is 15.8 Å². The van der Waals surface area contributed by atoms with Crippen LogP contribution in [-0.4, -0.2) is 23.6 Å². The summed E-state index contributed by atoms with van der Waals surface area (Å²) in [5, 5.41) is 11.4. The molecule has 0 aliphatic heterocycles. The van der Waals surface area contributed by atoms with E-state index in [9.17, 15) is 13.5 Å². The number of hydrogen-bond donors (Lipinski definition) is 1. The number of carbonyl (C=O) groups excluding carboxylic acids is 2. The van der Waals surface area contributed by atoms with E-state index in [0.717, 1.165) is 5.56 Å². The molecule has 3 rings (SSSR count). The highest BCUT2D eigenvalue weighted by atomic mass is 79.9. The molecule has 1 heterocycles. The molecular formula is C17H12BrCl2NO5S. The molecule has 1 N–H and O–H groups in total. The summed E-state index contributed by atoms with van der Waals surface area (Å²) in [6, 6.07) is 7.91. The van der Waals surface area contributed by atoms with Crippen molar-refractivity contribution in [2.75, 3.05) is 0 Å². The summed E-state index contributed by atoms with van der Waals surface area (Å²) in [6.07, 6.45) is 0.250. The maximum atomic E-state index is 13.1. The monoisotopic (exact) mass is 491 g/mol. The van der Waals surface area contributed by atoms with Gasteiger partial charge >= 0.3 is 6.15 Å². The summed E-state index contributed by atoms with van der Waals surface area (Å²) in [5.41, 5.74) is 1.75. The zero-order chi connectivity index (χ0) is 20.5. The summed E-state index contributed by atoms with van der Waals surface area (Å²) in [7, 11) is -4.05. The lowest BCUT2D eigenvalue weighted by atomic mass is 10.2. The van der Waals surface area contributed by atoms with Gasteiger partial charge in [0.1, 0.15) is 4.90 Å². The molecule has 0 unspecified atom stereocenters. The fourth-order valence-corrected chi connectivity index (χ4v) is 5.47. The minimum Gasteiger partial charge on any atom is -0.505 e. The number of hydrogen-bond acceptors (Lipinski definition) is 5. The predicted octanol–water partition coefficient (Wildman–Crippen LogP) is 4.69. The second kappa shape index (κ2) is 8.04. The van der Waals surface area contributed by atoms with Crippen LogP contribution in [0.5, 0.6) is 5.75 Å². The van der Waals surface area contributed by atoms with Crippen molar-refractivity contribution in [3.05, 3.63) is 56.1 Å². The molecule has 0 atom stereocenters. The highest BCUT2D eigenvalue weighted by Gasteiger charge is 2.26. The molecule has 0 fully saturated rings. The molecule has 6 nitrogen and oxygen atoms in total. The molecule has 142 valence electrons. The van der Waals surface area contributed by atoms with Crippen LogP contribution < -0.4 is 0 Å². The third kappa shape index (κ3) is 4.05. The fourth-order valence-electron chi connectivity index (χ4n) is 2.60. The maximum Gasteiger partial charge on any atom is 0.373 e. The van der Waals surface area contributed by atoms with E-state index in [4.69, 9.17) is 32.8 Å². The average Bonchev–Trinajstić information content (AvgIpc) is 2.87. The van der Waals surface area contributed by atoms with Gasteiger partial charge in [0.15, 0.2) is 5.75 Å². The SMILES string of the molecule is Cc1cc2c(cc1Cl)cc(C)n2S(=O)(=O)c1cc(Br)cc(Cl)c1O.O=C=O. The molecule has 0 amide bonds. The van der Waals surface area contributed by atoms with Crippen molar-refractivity contribution in [3.8, 4) is 5.75 Å². The molecule has 3 aromatic rings. The van der Waals surface area contributed by atoms with Crippen LogP contribution in [0.25, 0.3) is 10.9 Å². The number of halogens is 3. The third-order valence-corrected chi connectivity index (χ3v) is 6.71. The van der Waals surface area contributed by atoms with Gasteiger partial charge in [0, 0.05) is 20.6 Å². The first-order valence-corrected chi connectivity index (χ1v) is 10.2. The molecule has 0 radical (unpaired) electrons. The molecular weight excluding hydrogens is 481 g/mol. The summed E-state index contributed by atoms with van der Waals surface area (Å²) in [5.74, 6) is -0.480. The Labute approximate surface area is 173 Å². The number of phenolic OH excluding ortho intramolecular Hbond substituents is 1. The van der Waals surface area contributed by atoms with Gasteiger partial charge in [-0.25, -0.2) is 12.4 Å². The number of phenols is 1.